The van der Waals surface area contributed by atoms with Gasteiger partial charge in [0.15, 0.2) is 0 Å². The van der Waals surface area contributed by atoms with Gasteiger partial charge in [0.2, 0.25) is 23.6 Å². The number of carbonyl (C=O) groups is 5. The number of hydrogen-bond acceptors (Lipinski definition) is 10. The van der Waals surface area contributed by atoms with Gasteiger partial charge in [-0.2, -0.15) is 0 Å². The molecule has 2 aromatic rings. The van der Waals surface area contributed by atoms with E-state index in [0.717, 1.165) is 24.0 Å². The molecule has 3 aliphatic carbocycles. The number of rotatable bonds is 21. The van der Waals surface area contributed by atoms with Crippen molar-refractivity contribution in [3.63, 3.8) is 0 Å². The summed E-state index contributed by atoms with van der Waals surface area (Å²) in [6, 6.07) is 9.93. The summed E-state index contributed by atoms with van der Waals surface area (Å²) < 4.78 is 12.9. The highest BCUT2D eigenvalue weighted by molar-refractivity contribution is 6.47. The smallest absolute Gasteiger partial charge is 0.404 e. The van der Waals surface area contributed by atoms with Gasteiger partial charge in [0.05, 0.1) is 17.6 Å². The molecule has 328 valence electrons. The predicted molar refractivity (Wildman–Crippen MR) is 232 cm³/mol. The fourth-order valence-electron chi connectivity index (χ4n) is 8.91. The first-order valence-corrected chi connectivity index (χ1v) is 21.7. The first-order valence-electron chi connectivity index (χ1n) is 21.3. The Kier molecular flexibility index (Phi) is 16.2. The second-order valence-electron chi connectivity index (χ2n) is 17.4. The van der Waals surface area contributed by atoms with E-state index in [2.05, 4.69) is 47.4 Å². The van der Waals surface area contributed by atoms with Gasteiger partial charge >= 0.3 is 7.12 Å². The zero-order valence-corrected chi connectivity index (χ0v) is 36.3. The highest BCUT2D eigenvalue weighted by atomic mass is 35.5. The number of halogens is 1. The SMILES string of the molecule is C[C@H](NC(=O)[C@H](CCCCN)NC(=O)[C@H](C)NC(=O)[C@H](CCCCN)NC(=O)C(CN)NC(=O)c1ccc(-c2ccc(Cl)cc2)cc1)B1OC2C[C@@H]3C[C@@H](C3(C)C)[C@]2(C)O1. The molecule has 9 atom stereocenters. The summed E-state index contributed by atoms with van der Waals surface area (Å²) in [7, 11) is -0.636. The number of amides is 5. The molecule has 17 heteroatoms. The van der Waals surface area contributed by atoms with Crippen molar-refractivity contribution < 1.29 is 33.3 Å². The van der Waals surface area contributed by atoms with E-state index in [1.165, 1.54) is 6.92 Å². The Labute approximate surface area is 359 Å². The van der Waals surface area contributed by atoms with E-state index in [1.54, 1.807) is 36.4 Å². The van der Waals surface area contributed by atoms with E-state index in [9.17, 15) is 24.0 Å². The molecule has 60 heavy (non-hydrogen) atoms. The highest BCUT2D eigenvalue weighted by Crippen LogP contribution is 2.65. The van der Waals surface area contributed by atoms with Crippen LogP contribution in [0.4, 0.5) is 0 Å². The molecular formula is C43H64BClN8O7. The van der Waals surface area contributed by atoms with Crippen LogP contribution in [-0.2, 0) is 28.5 Å². The summed E-state index contributed by atoms with van der Waals surface area (Å²) in [6.07, 6.45) is 4.85. The fraction of sp³-hybridized carbons (Fsp3) is 0.605. The van der Waals surface area contributed by atoms with Crippen molar-refractivity contribution in [1.29, 1.82) is 0 Å². The molecule has 6 rings (SSSR count). The molecule has 15 nitrogen and oxygen atoms in total. The lowest BCUT2D eigenvalue weighted by Gasteiger charge is -2.64. The average Bonchev–Trinajstić information content (AvgIpc) is 3.59. The molecular weight excluding hydrogens is 787 g/mol. The molecule has 2 aromatic carbocycles. The topological polar surface area (TPSA) is 242 Å². The second kappa shape index (κ2) is 20.7. The first-order chi connectivity index (χ1) is 28.5. The molecule has 1 saturated heterocycles. The van der Waals surface area contributed by atoms with Crippen molar-refractivity contribution in [2.75, 3.05) is 19.6 Å². The number of nitrogens with two attached hydrogens (primary N) is 3. The van der Waals surface area contributed by atoms with E-state index >= 15 is 0 Å². The standard InChI is InChI=1S/C43H64BClN8O7/c1-25(37(54)51-33(11-7-9-21-47)40(57)50-26(2)44-59-36-23-30-22-35(42(30,3)4)43(36,5)60-44)49-39(56)32(10-6-8-20-46)52-41(58)34(24-48)53-38(55)29-14-12-27(13-15-29)28-16-18-31(45)19-17-28/h12-19,25-26,30,32-36H,6-11,20-24,46-48H2,1-5H3,(H,49,56)(H,50,57)(H,51,54)(H,52,58)(H,53,55)/t25-,26-,30-,32-,33-,34?,35-,36?,43-/m0/s1. The zero-order valence-electron chi connectivity index (χ0n) is 35.6. The van der Waals surface area contributed by atoms with Crippen LogP contribution in [0.3, 0.4) is 0 Å². The van der Waals surface area contributed by atoms with Crippen LogP contribution in [0.15, 0.2) is 48.5 Å². The highest BCUT2D eigenvalue weighted by Gasteiger charge is 2.68. The van der Waals surface area contributed by atoms with Crippen LogP contribution >= 0.6 is 11.6 Å². The molecule has 3 saturated carbocycles. The normalized spacial score (nSPS) is 23.8. The minimum absolute atomic E-state index is 0.0445. The van der Waals surface area contributed by atoms with Gasteiger partial charge in [-0.1, -0.05) is 49.7 Å². The monoisotopic (exact) mass is 850 g/mol. The minimum atomic E-state index is -1.15. The van der Waals surface area contributed by atoms with Crippen LogP contribution in [0.25, 0.3) is 11.1 Å². The van der Waals surface area contributed by atoms with Gasteiger partial charge in [0, 0.05) is 17.1 Å². The molecule has 5 amide bonds. The van der Waals surface area contributed by atoms with Crippen LogP contribution in [0, 0.1) is 17.3 Å². The van der Waals surface area contributed by atoms with Crippen LogP contribution in [-0.4, -0.2) is 98.1 Å². The van der Waals surface area contributed by atoms with Gasteiger partial charge < -0.3 is 53.1 Å². The Bertz CT molecular complexity index is 1820. The van der Waals surface area contributed by atoms with Crippen LogP contribution in [0.2, 0.25) is 5.02 Å². The van der Waals surface area contributed by atoms with Crippen molar-refractivity contribution in [1.82, 2.24) is 26.6 Å². The molecule has 1 aliphatic heterocycles. The first kappa shape index (κ1) is 47.0. The Morgan fingerprint density at radius 1 is 0.717 bits per heavy atom. The Morgan fingerprint density at radius 3 is 1.80 bits per heavy atom. The van der Waals surface area contributed by atoms with Gasteiger partial charge in [-0.05, 0) is 138 Å². The van der Waals surface area contributed by atoms with Gasteiger partial charge in [-0.3, -0.25) is 24.0 Å². The third-order valence-electron chi connectivity index (χ3n) is 12.8. The molecule has 0 aromatic heterocycles. The lowest BCUT2D eigenvalue weighted by atomic mass is 9.43. The average molecular weight is 851 g/mol. The number of carbonyl (C=O) groups excluding carboxylic acids is 5. The van der Waals surface area contributed by atoms with Gasteiger partial charge in [-0.15, -0.1) is 0 Å². The Hall–Kier alpha value is -4.06. The zero-order chi connectivity index (χ0) is 43.8. The van der Waals surface area contributed by atoms with Crippen molar-refractivity contribution in [2.45, 2.75) is 128 Å². The summed E-state index contributed by atoms with van der Waals surface area (Å²) in [5.41, 5.74) is 19.2. The van der Waals surface area contributed by atoms with E-state index in [1.807, 2.05) is 19.1 Å². The van der Waals surface area contributed by atoms with Gasteiger partial charge in [-0.25, -0.2) is 0 Å². The maximum Gasteiger partial charge on any atom is 0.481 e. The molecule has 11 N–H and O–H groups in total. The maximum atomic E-state index is 13.7. The van der Waals surface area contributed by atoms with Crippen molar-refractivity contribution in [3.8, 4) is 11.1 Å². The molecule has 4 aliphatic rings. The molecule has 0 spiro atoms. The quantitative estimate of drug-likeness (QED) is 0.0675. The second-order valence-corrected chi connectivity index (χ2v) is 17.8. The molecule has 2 bridgehead atoms. The number of hydrogen-bond donors (Lipinski definition) is 8. The minimum Gasteiger partial charge on any atom is -0.404 e. The number of unbranched alkanes of at least 4 members (excludes halogenated alkanes) is 2. The maximum absolute atomic E-state index is 13.7. The van der Waals surface area contributed by atoms with E-state index in [-0.39, 0.29) is 24.5 Å². The van der Waals surface area contributed by atoms with Crippen molar-refractivity contribution in [2.24, 2.45) is 34.5 Å². The molecule has 4 fully saturated rings. The molecule has 2 unspecified atom stereocenters. The van der Waals surface area contributed by atoms with E-state index in [0.29, 0.717) is 67.6 Å². The molecule has 1 heterocycles. The van der Waals surface area contributed by atoms with Crippen molar-refractivity contribution >= 4 is 48.3 Å². The Balaban J connectivity index is 1.16. The van der Waals surface area contributed by atoms with E-state index in [4.69, 9.17) is 38.1 Å². The summed E-state index contributed by atoms with van der Waals surface area (Å²) in [5.74, 6) is -2.33. The number of benzene rings is 2. The lowest BCUT2D eigenvalue weighted by molar-refractivity contribution is -0.199. The number of nitrogens with one attached hydrogen (secondary N) is 5. The summed E-state index contributed by atoms with van der Waals surface area (Å²) in [6.45, 7) is 10.6. The van der Waals surface area contributed by atoms with Gasteiger partial charge in [0.25, 0.3) is 5.91 Å². The summed E-state index contributed by atoms with van der Waals surface area (Å²) in [5, 5.41) is 14.5. The largest absolute Gasteiger partial charge is 0.481 e. The fourth-order valence-corrected chi connectivity index (χ4v) is 9.03. The lowest BCUT2D eigenvalue weighted by Crippen LogP contribution is -2.65. The Morgan fingerprint density at radius 2 is 1.25 bits per heavy atom. The van der Waals surface area contributed by atoms with E-state index < -0.39 is 72.4 Å². The molecule has 0 radical (unpaired) electrons. The van der Waals surface area contributed by atoms with Crippen LogP contribution in [0.1, 0.15) is 96.3 Å². The van der Waals surface area contributed by atoms with Crippen molar-refractivity contribution in [3.05, 3.63) is 59.1 Å². The van der Waals surface area contributed by atoms with Gasteiger partial charge in [0.1, 0.15) is 24.2 Å². The predicted octanol–water partition coefficient (Wildman–Crippen LogP) is 2.57. The van der Waals surface area contributed by atoms with Crippen LogP contribution in [0.5, 0.6) is 0 Å². The third-order valence-corrected chi connectivity index (χ3v) is 13.1. The summed E-state index contributed by atoms with van der Waals surface area (Å²) >= 11 is 6.01. The summed E-state index contributed by atoms with van der Waals surface area (Å²) in [4.78, 5) is 67.6. The third kappa shape index (κ3) is 11.1. The van der Waals surface area contributed by atoms with Crippen LogP contribution < -0.4 is 43.8 Å².